The molecule has 0 atom stereocenters. The van der Waals surface area contributed by atoms with Crippen LogP contribution in [0.25, 0.3) is 11.4 Å². The van der Waals surface area contributed by atoms with Crippen molar-refractivity contribution < 1.29 is 9.13 Å². The molecule has 1 heterocycles. The minimum Gasteiger partial charge on any atom is -0.489 e. The molecular formula is C30H36FN3O. The third kappa shape index (κ3) is 9.13. The Morgan fingerprint density at radius 3 is 2.03 bits per heavy atom. The number of benzene rings is 2. The van der Waals surface area contributed by atoms with Crippen LogP contribution in [0.1, 0.15) is 87.8 Å². The first-order valence-electron chi connectivity index (χ1n) is 12.9. The highest BCUT2D eigenvalue weighted by molar-refractivity contribution is 5.55. The predicted molar refractivity (Wildman–Crippen MR) is 138 cm³/mol. The van der Waals surface area contributed by atoms with Crippen LogP contribution >= 0.6 is 0 Å². The number of nitrogens with zero attached hydrogens (tertiary/aromatic N) is 3. The van der Waals surface area contributed by atoms with Crippen LogP contribution in [0.15, 0.2) is 54.9 Å². The minimum atomic E-state index is -0.575. The van der Waals surface area contributed by atoms with Crippen molar-refractivity contribution in [3.63, 3.8) is 0 Å². The van der Waals surface area contributed by atoms with E-state index in [1.54, 1.807) is 12.1 Å². The lowest BCUT2D eigenvalue weighted by molar-refractivity contribution is 0.304. The Kier molecular flexibility index (Phi) is 11.2. The molecule has 35 heavy (non-hydrogen) atoms. The zero-order valence-corrected chi connectivity index (χ0v) is 20.8. The molecule has 0 spiro atoms. The first kappa shape index (κ1) is 26.3. The van der Waals surface area contributed by atoms with Crippen LogP contribution < -0.4 is 4.74 Å². The monoisotopic (exact) mass is 473 g/mol. The molecule has 0 aliphatic heterocycles. The van der Waals surface area contributed by atoms with E-state index in [-0.39, 0.29) is 5.56 Å². The fraction of sp³-hybridized carbons (Fsp3) is 0.433. The van der Waals surface area contributed by atoms with E-state index in [0.717, 1.165) is 17.5 Å². The smallest absolute Gasteiger partial charge is 0.159 e. The lowest BCUT2D eigenvalue weighted by atomic mass is 10.0. The summed E-state index contributed by atoms with van der Waals surface area (Å²) in [7, 11) is 0. The minimum absolute atomic E-state index is 0.0104. The summed E-state index contributed by atoms with van der Waals surface area (Å²) in [5, 5.41) is 8.81. The lowest BCUT2D eigenvalue weighted by Crippen LogP contribution is -1.97. The van der Waals surface area contributed by atoms with Gasteiger partial charge < -0.3 is 4.74 Å². The van der Waals surface area contributed by atoms with Crippen LogP contribution in [0.3, 0.4) is 0 Å². The summed E-state index contributed by atoms with van der Waals surface area (Å²) in [6.45, 7) is 2.57. The summed E-state index contributed by atoms with van der Waals surface area (Å²) < 4.78 is 19.3. The van der Waals surface area contributed by atoms with Gasteiger partial charge in [-0.1, -0.05) is 89.0 Å². The highest BCUT2D eigenvalue weighted by Gasteiger charge is 2.06. The van der Waals surface area contributed by atoms with Crippen molar-refractivity contribution in [1.82, 2.24) is 9.97 Å². The van der Waals surface area contributed by atoms with Gasteiger partial charge in [-0.25, -0.2) is 14.4 Å². The fourth-order valence-corrected chi connectivity index (χ4v) is 4.04. The van der Waals surface area contributed by atoms with Gasteiger partial charge in [0.1, 0.15) is 24.2 Å². The van der Waals surface area contributed by atoms with Crippen LogP contribution in [-0.4, -0.2) is 9.97 Å². The van der Waals surface area contributed by atoms with E-state index < -0.39 is 5.82 Å². The van der Waals surface area contributed by atoms with Gasteiger partial charge in [0.2, 0.25) is 0 Å². The zero-order chi connectivity index (χ0) is 24.7. The van der Waals surface area contributed by atoms with Crippen LogP contribution in [0.4, 0.5) is 4.39 Å². The van der Waals surface area contributed by atoms with Gasteiger partial charge in [-0.15, -0.1) is 0 Å². The molecule has 3 rings (SSSR count). The average molecular weight is 474 g/mol. The molecule has 4 nitrogen and oxygen atoms in total. The second kappa shape index (κ2) is 14.9. The number of aromatic nitrogens is 2. The zero-order valence-electron chi connectivity index (χ0n) is 20.8. The number of hydrogen-bond acceptors (Lipinski definition) is 4. The highest BCUT2D eigenvalue weighted by Crippen LogP contribution is 2.20. The van der Waals surface area contributed by atoms with Crippen molar-refractivity contribution in [2.75, 3.05) is 0 Å². The number of nitriles is 1. The van der Waals surface area contributed by atoms with Gasteiger partial charge in [0.05, 0.1) is 5.56 Å². The maximum Gasteiger partial charge on any atom is 0.159 e. The Morgan fingerprint density at radius 2 is 1.43 bits per heavy atom. The summed E-state index contributed by atoms with van der Waals surface area (Å²) in [4.78, 5) is 9.10. The SMILES string of the molecule is CCCCCCCCCCCCc1cnc(-c2ccc(COc3ccc(C#N)c(F)c3)cc2)nc1. The normalized spacial score (nSPS) is 10.8. The average Bonchev–Trinajstić information content (AvgIpc) is 2.89. The van der Waals surface area contributed by atoms with Crippen LogP contribution in [0, 0.1) is 17.1 Å². The van der Waals surface area contributed by atoms with Gasteiger partial charge in [0, 0.05) is 24.0 Å². The predicted octanol–water partition coefficient (Wildman–Crippen LogP) is 8.20. The Labute approximate surface area is 209 Å². The molecule has 0 saturated carbocycles. The maximum atomic E-state index is 13.7. The molecule has 184 valence electrons. The number of rotatable bonds is 15. The molecule has 1 aromatic heterocycles. The van der Waals surface area contributed by atoms with E-state index in [0.29, 0.717) is 18.2 Å². The number of ether oxygens (including phenoxy) is 1. The summed E-state index contributed by atoms with van der Waals surface area (Å²) in [5.41, 5.74) is 3.10. The fourth-order valence-electron chi connectivity index (χ4n) is 4.04. The van der Waals surface area contributed by atoms with E-state index in [1.165, 1.54) is 81.9 Å². The molecule has 0 saturated heterocycles. The van der Waals surface area contributed by atoms with Gasteiger partial charge in [0.25, 0.3) is 0 Å². The quantitative estimate of drug-likeness (QED) is 0.209. The second-order valence-corrected chi connectivity index (χ2v) is 9.09. The van der Waals surface area contributed by atoms with Crippen molar-refractivity contribution in [2.45, 2.75) is 84.2 Å². The first-order chi connectivity index (χ1) is 17.2. The van der Waals surface area contributed by atoms with Crippen LogP contribution in [-0.2, 0) is 13.0 Å². The van der Waals surface area contributed by atoms with Crippen LogP contribution in [0.5, 0.6) is 5.75 Å². The molecule has 0 amide bonds. The Bertz CT molecular complexity index is 1060. The summed E-state index contributed by atoms with van der Waals surface area (Å²) in [5.74, 6) is 0.527. The summed E-state index contributed by atoms with van der Waals surface area (Å²) in [6, 6.07) is 13.9. The van der Waals surface area contributed by atoms with E-state index in [1.807, 2.05) is 36.7 Å². The molecular weight excluding hydrogens is 437 g/mol. The van der Waals surface area contributed by atoms with E-state index in [2.05, 4.69) is 16.9 Å². The van der Waals surface area contributed by atoms with Gasteiger partial charge in [0.15, 0.2) is 5.82 Å². The van der Waals surface area contributed by atoms with Crippen LogP contribution in [0.2, 0.25) is 0 Å². The number of halogens is 1. The maximum absolute atomic E-state index is 13.7. The highest BCUT2D eigenvalue weighted by atomic mass is 19.1. The summed E-state index contributed by atoms with van der Waals surface area (Å²) in [6.07, 6.45) is 18.3. The molecule has 0 unspecified atom stereocenters. The molecule has 0 bridgehead atoms. The molecule has 3 aromatic rings. The van der Waals surface area contributed by atoms with E-state index >= 15 is 0 Å². The Morgan fingerprint density at radius 1 is 0.800 bits per heavy atom. The van der Waals surface area contributed by atoms with Crippen molar-refractivity contribution in [1.29, 1.82) is 5.26 Å². The lowest BCUT2D eigenvalue weighted by Gasteiger charge is -2.08. The topological polar surface area (TPSA) is 58.8 Å². The van der Waals surface area contributed by atoms with E-state index in [9.17, 15) is 4.39 Å². The summed E-state index contributed by atoms with van der Waals surface area (Å²) >= 11 is 0. The van der Waals surface area contributed by atoms with E-state index in [4.69, 9.17) is 10.00 Å². The number of unbranched alkanes of at least 4 members (excludes halogenated alkanes) is 9. The third-order valence-corrected chi connectivity index (χ3v) is 6.20. The molecule has 0 radical (unpaired) electrons. The van der Waals surface area contributed by atoms with Gasteiger partial charge in [-0.05, 0) is 36.1 Å². The molecule has 0 fully saturated rings. The van der Waals surface area contributed by atoms with Crippen molar-refractivity contribution in [2.24, 2.45) is 0 Å². The van der Waals surface area contributed by atoms with Crippen molar-refractivity contribution >= 4 is 0 Å². The first-order valence-corrected chi connectivity index (χ1v) is 12.9. The molecule has 5 heteroatoms. The third-order valence-electron chi connectivity index (χ3n) is 6.20. The van der Waals surface area contributed by atoms with Gasteiger partial charge in [-0.2, -0.15) is 5.26 Å². The van der Waals surface area contributed by atoms with Crippen molar-refractivity contribution in [3.05, 3.63) is 77.4 Å². The van der Waals surface area contributed by atoms with Gasteiger partial charge in [-0.3, -0.25) is 0 Å². The largest absolute Gasteiger partial charge is 0.489 e. The Hall–Kier alpha value is -3.26. The standard InChI is InChI=1S/C30H36FN3O/c1-2-3-4-5-6-7-8-9-10-11-12-25-21-33-30(34-22-25)26-15-13-24(14-16-26)23-35-28-18-17-27(20-32)29(31)19-28/h13-19,21-22H,2-12,23H2,1H3. The van der Waals surface area contributed by atoms with Crippen molar-refractivity contribution in [3.8, 4) is 23.2 Å². The molecule has 0 N–H and O–H groups in total. The molecule has 0 aliphatic rings. The Balaban J connectivity index is 1.37. The number of hydrogen-bond donors (Lipinski definition) is 0. The molecule has 2 aromatic carbocycles. The van der Waals surface area contributed by atoms with Gasteiger partial charge >= 0.3 is 0 Å². The molecule has 0 aliphatic carbocycles. The second-order valence-electron chi connectivity index (χ2n) is 9.09. The number of aryl methyl sites for hydroxylation is 1.